The Bertz CT molecular complexity index is 581. The summed E-state index contributed by atoms with van der Waals surface area (Å²) in [5, 5.41) is 4.60. The molecule has 0 radical (unpaired) electrons. The number of ether oxygens (including phenoxy) is 1. The van der Waals surface area contributed by atoms with Gasteiger partial charge in [-0.15, -0.1) is 0 Å². The van der Waals surface area contributed by atoms with Crippen LogP contribution in [0.1, 0.15) is 29.8 Å². The molecule has 2 aromatic rings. The van der Waals surface area contributed by atoms with Gasteiger partial charge in [-0.2, -0.15) is 5.10 Å². The number of fused-ring (bicyclic) bond motifs is 1. The Hall–Kier alpha value is -1.72. The van der Waals surface area contributed by atoms with Gasteiger partial charge in [0.05, 0.1) is 18.0 Å². The molecule has 3 heterocycles. The Morgan fingerprint density at radius 3 is 3.05 bits per heavy atom. The standard InChI is InChI=1S/C16H22N4O/c1-3-21-12-13-8-20(9-14-6-4-5-7-17-14)11-16-15(13)10-19(2)18-16/h4-7,10,13H,3,8-9,11-12H2,1-2H3/t13-/m0/s1. The maximum Gasteiger partial charge on any atom is 0.0800 e. The van der Waals surface area contributed by atoms with Crippen molar-refractivity contribution >= 4 is 0 Å². The van der Waals surface area contributed by atoms with Gasteiger partial charge in [-0.3, -0.25) is 14.6 Å². The molecule has 0 N–H and O–H groups in total. The summed E-state index contributed by atoms with van der Waals surface area (Å²) >= 11 is 0. The highest BCUT2D eigenvalue weighted by Gasteiger charge is 2.28. The highest BCUT2D eigenvalue weighted by molar-refractivity contribution is 5.25. The molecule has 0 aliphatic carbocycles. The first-order valence-corrected chi connectivity index (χ1v) is 7.48. The molecule has 21 heavy (non-hydrogen) atoms. The van der Waals surface area contributed by atoms with E-state index in [4.69, 9.17) is 4.74 Å². The first-order chi connectivity index (χ1) is 10.3. The quantitative estimate of drug-likeness (QED) is 0.842. The normalized spacial score (nSPS) is 18.7. The summed E-state index contributed by atoms with van der Waals surface area (Å²) in [6.45, 7) is 6.29. The minimum absolute atomic E-state index is 0.395. The Morgan fingerprint density at radius 2 is 2.29 bits per heavy atom. The number of rotatable bonds is 5. The zero-order valence-corrected chi connectivity index (χ0v) is 12.7. The maximum absolute atomic E-state index is 5.66. The van der Waals surface area contributed by atoms with Crippen LogP contribution >= 0.6 is 0 Å². The molecule has 1 aliphatic rings. The molecule has 0 saturated carbocycles. The van der Waals surface area contributed by atoms with Crippen molar-refractivity contribution in [2.45, 2.75) is 25.9 Å². The van der Waals surface area contributed by atoms with Gasteiger partial charge in [0, 0.05) is 57.2 Å². The second-order valence-electron chi connectivity index (χ2n) is 5.55. The Balaban J connectivity index is 1.76. The molecule has 0 fully saturated rings. The summed E-state index contributed by atoms with van der Waals surface area (Å²) < 4.78 is 7.57. The number of nitrogens with zero attached hydrogens (tertiary/aromatic N) is 4. The maximum atomic E-state index is 5.66. The second kappa shape index (κ2) is 6.37. The van der Waals surface area contributed by atoms with Crippen molar-refractivity contribution in [1.29, 1.82) is 0 Å². The van der Waals surface area contributed by atoms with Crippen LogP contribution in [0.15, 0.2) is 30.6 Å². The fourth-order valence-electron chi connectivity index (χ4n) is 2.95. The molecule has 0 aromatic carbocycles. The minimum Gasteiger partial charge on any atom is -0.381 e. The molecular weight excluding hydrogens is 264 g/mol. The molecule has 5 heteroatoms. The zero-order chi connectivity index (χ0) is 14.7. The van der Waals surface area contributed by atoms with E-state index in [1.165, 1.54) is 11.3 Å². The third-order valence-corrected chi connectivity index (χ3v) is 3.86. The number of aryl methyl sites for hydroxylation is 1. The largest absolute Gasteiger partial charge is 0.381 e. The third kappa shape index (κ3) is 3.31. The number of aromatic nitrogens is 3. The first kappa shape index (κ1) is 14.2. The highest BCUT2D eigenvalue weighted by Crippen LogP contribution is 2.28. The SMILES string of the molecule is CCOC[C@@H]1CN(Cc2ccccn2)Cc2nn(C)cc21. The predicted molar refractivity (Wildman–Crippen MR) is 80.8 cm³/mol. The van der Waals surface area contributed by atoms with E-state index in [9.17, 15) is 0 Å². The van der Waals surface area contributed by atoms with Gasteiger partial charge in [0.15, 0.2) is 0 Å². The smallest absolute Gasteiger partial charge is 0.0800 e. The van der Waals surface area contributed by atoms with Crippen molar-refractivity contribution in [3.8, 4) is 0 Å². The van der Waals surface area contributed by atoms with Gasteiger partial charge in [0.25, 0.3) is 0 Å². The van der Waals surface area contributed by atoms with Crippen LogP contribution in [0.2, 0.25) is 0 Å². The summed E-state index contributed by atoms with van der Waals surface area (Å²) in [6, 6.07) is 6.07. The number of hydrogen-bond donors (Lipinski definition) is 0. The lowest BCUT2D eigenvalue weighted by atomic mass is 9.95. The average Bonchev–Trinajstić information content (AvgIpc) is 2.86. The number of pyridine rings is 1. The van der Waals surface area contributed by atoms with E-state index < -0.39 is 0 Å². The molecule has 0 saturated heterocycles. The molecule has 1 atom stereocenters. The van der Waals surface area contributed by atoms with E-state index >= 15 is 0 Å². The van der Waals surface area contributed by atoms with Crippen molar-refractivity contribution in [2.24, 2.45) is 7.05 Å². The molecule has 0 unspecified atom stereocenters. The van der Waals surface area contributed by atoms with Gasteiger partial charge in [-0.25, -0.2) is 0 Å². The van der Waals surface area contributed by atoms with Crippen molar-refractivity contribution in [3.63, 3.8) is 0 Å². The van der Waals surface area contributed by atoms with Crippen molar-refractivity contribution in [1.82, 2.24) is 19.7 Å². The monoisotopic (exact) mass is 286 g/mol. The molecule has 0 spiro atoms. The molecular formula is C16H22N4O. The highest BCUT2D eigenvalue weighted by atomic mass is 16.5. The van der Waals surface area contributed by atoms with Crippen LogP contribution in [0.5, 0.6) is 0 Å². The lowest BCUT2D eigenvalue weighted by Gasteiger charge is -2.31. The van der Waals surface area contributed by atoms with Crippen molar-refractivity contribution in [2.75, 3.05) is 19.8 Å². The van der Waals surface area contributed by atoms with Crippen LogP contribution in [0, 0.1) is 0 Å². The van der Waals surface area contributed by atoms with Crippen LogP contribution in [-0.2, 0) is 24.9 Å². The van der Waals surface area contributed by atoms with Crippen LogP contribution in [0.3, 0.4) is 0 Å². The summed E-state index contributed by atoms with van der Waals surface area (Å²) in [4.78, 5) is 6.83. The van der Waals surface area contributed by atoms with E-state index in [1.54, 1.807) is 0 Å². The van der Waals surface area contributed by atoms with Gasteiger partial charge in [-0.05, 0) is 19.1 Å². The predicted octanol–water partition coefficient (Wildman–Crippen LogP) is 1.95. The van der Waals surface area contributed by atoms with Crippen molar-refractivity contribution in [3.05, 3.63) is 47.5 Å². The van der Waals surface area contributed by atoms with E-state index in [-0.39, 0.29) is 0 Å². The average molecular weight is 286 g/mol. The van der Waals surface area contributed by atoms with Gasteiger partial charge >= 0.3 is 0 Å². The van der Waals surface area contributed by atoms with E-state index in [1.807, 2.05) is 37.0 Å². The van der Waals surface area contributed by atoms with Crippen LogP contribution < -0.4 is 0 Å². The Labute approximate surface area is 125 Å². The molecule has 1 aliphatic heterocycles. The van der Waals surface area contributed by atoms with E-state index in [0.29, 0.717) is 5.92 Å². The fourth-order valence-corrected chi connectivity index (χ4v) is 2.95. The van der Waals surface area contributed by atoms with Crippen molar-refractivity contribution < 1.29 is 4.74 Å². The summed E-state index contributed by atoms with van der Waals surface area (Å²) in [5.74, 6) is 0.395. The Kier molecular flexibility index (Phi) is 4.31. The van der Waals surface area contributed by atoms with Crippen LogP contribution in [0.25, 0.3) is 0 Å². The third-order valence-electron chi connectivity index (χ3n) is 3.86. The lowest BCUT2D eigenvalue weighted by molar-refractivity contribution is 0.104. The molecule has 2 aromatic heterocycles. The lowest BCUT2D eigenvalue weighted by Crippen LogP contribution is -2.35. The second-order valence-corrected chi connectivity index (χ2v) is 5.55. The van der Waals surface area contributed by atoms with Crippen LogP contribution in [0.4, 0.5) is 0 Å². The minimum atomic E-state index is 0.395. The van der Waals surface area contributed by atoms with Crippen LogP contribution in [-0.4, -0.2) is 39.4 Å². The number of hydrogen-bond acceptors (Lipinski definition) is 4. The molecule has 0 bridgehead atoms. The molecule has 112 valence electrons. The van der Waals surface area contributed by atoms with Gasteiger partial charge in [-0.1, -0.05) is 6.07 Å². The van der Waals surface area contributed by atoms with Gasteiger partial charge in [0.2, 0.25) is 0 Å². The van der Waals surface area contributed by atoms with Gasteiger partial charge in [0.1, 0.15) is 0 Å². The summed E-state index contributed by atoms with van der Waals surface area (Å²) in [5.41, 5.74) is 3.61. The van der Waals surface area contributed by atoms with Gasteiger partial charge < -0.3 is 4.74 Å². The van der Waals surface area contributed by atoms with E-state index in [0.717, 1.165) is 38.5 Å². The zero-order valence-electron chi connectivity index (χ0n) is 12.7. The fraction of sp³-hybridized carbons (Fsp3) is 0.500. The topological polar surface area (TPSA) is 43.2 Å². The van der Waals surface area contributed by atoms with E-state index in [2.05, 4.69) is 27.2 Å². The summed E-state index contributed by atoms with van der Waals surface area (Å²) in [7, 11) is 1.99. The first-order valence-electron chi connectivity index (χ1n) is 7.48. The molecule has 3 rings (SSSR count). The summed E-state index contributed by atoms with van der Waals surface area (Å²) in [6.07, 6.45) is 3.99. The molecule has 5 nitrogen and oxygen atoms in total. The molecule has 0 amide bonds. The Morgan fingerprint density at radius 1 is 1.38 bits per heavy atom.